The van der Waals surface area contributed by atoms with Crippen molar-refractivity contribution in [1.82, 2.24) is 5.32 Å². The molecule has 0 radical (unpaired) electrons. The van der Waals surface area contributed by atoms with E-state index in [9.17, 15) is 5.11 Å². The van der Waals surface area contributed by atoms with Crippen LogP contribution in [0.5, 0.6) is 11.5 Å². The maximum absolute atomic E-state index is 9.53. The molecule has 0 aromatic heterocycles. The Bertz CT molecular complexity index is 409. The minimum Gasteiger partial charge on any atom is -0.493 e. The van der Waals surface area contributed by atoms with E-state index in [-0.39, 0.29) is 12.1 Å². The number of methoxy groups -OCH3 is 1. The first kappa shape index (κ1) is 17.8. The normalized spacial score (nSPS) is 14.0. The van der Waals surface area contributed by atoms with Gasteiger partial charge >= 0.3 is 0 Å². The Morgan fingerprint density at radius 1 is 1.19 bits per heavy atom. The van der Waals surface area contributed by atoms with Gasteiger partial charge in [-0.1, -0.05) is 26.0 Å². The summed E-state index contributed by atoms with van der Waals surface area (Å²) >= 11 is 0. The van der Waals surface area contributed by atoms with Crippen molar-refractivity contribution in [2.45, 2.75) is 51.6 Å². The van der Waals surface area contributed by atoms with E-state index in [2.05, 4.69) is 26.1 Å². The molecule has 2 N–H and O–H groups in total. The average Bonchev–Trinajstić information content (AvgIpc) is 2.46. The highest BCUT2D eigenvalue weighted by molar-refractivity contribution is 5.39. The molecule has 0 saturated heterocycles. The Labute approximate surface area is 128 Å². The van der Waals surface area contributed by atoms with Crippen LogP contribution in [0.15, 0.2) is 24.3 Å². The summed E-state index contributed by atoms with van der Waals surface area (Å²) in [5.74, 6) is 1.55. The van der Waals surface area contributed by atoms with Crippen molar-refractivity contribution in [2.75, 3.05) is 20.3 Å². The molecule has 0 aliphatic heterocycles. The van der Waals surface area contributed by atoms with Crippen molar-refractivity contribution in [3.63, 3.8) is 0 Å². The summed E-state index contributed by atoms with van der Waals surface area (Å²) in [6.45, 7) is 7.06. The van der Waals surface area contributed by atoms with Gasteiger partial charge < -0.3 is 19.9 Å². The van der Waals surface area contributed by atoms with E-state index in [1.165, 1.54) is 0 Å². The number of aliphatic hydroxyl groups excluding tert-OH is 1. The monoisotopic (exact) mass is 295 g/mol. The molecule has 1 atom stereocenters. The number of hydrogen-bond acceptors (Lipinski definition) is 4. The summed E-state index contributed by atoms with van der Waals surface area (Å²) in [7, 11) is 1.65. The van der Waals surface area contributed by atoms with Gasteiger partial charge in [0.1, 0.15) is 0 Å². The fourth-order valence-corrected chi connectivity index (χ4v) is 2.43. The van der Waals surface area contributed by atoms with Crippen LogP contribution in [0.2, 0.25) is 0 Å². The van der Waals surface area contributed by atoms with Gasteiger partial charge in [0, 0.05) is 11.6 Å². The Kier molecular flexibility index (Phi) is 7.54. The number of para-hydroxylation sites is 2. The molecule has 0 heterocycles. The third-order valence-electron chi connectivity index (χ3n) is 3.44. The first-order chi connectivity index (χ1) is 10.0. The van der Waals surface area contributed by atoms with Gasteiger partial charge in [0.05, 0.1) is 20.3 Å². The van der Waals surface area contributed by atoms with Gasteiger partial charge in [-0.05, 0) is 38.3 Å². The molecule has 1 aromatic carbocycles. The Balaban J connectivity index is 2.31. The number of unbranched alkanes of at least 4 members (excludes halogenated alkanes) is 1. The highest BCUT2D eigenvalue weighted by Crippen LogP contribution is 2.26. The number of nitrogens with one attached hydrogen (secondary N) is 1. The number of aliphatic hydroxyl groups is 1. The van der Waals surface area contributed by atoms with E-state index in [0.29, 0.717) is 12.6 Å². The summed E-state index contributed by atoms with van der Waals surface area (Å²) in [4.78, 5) is 0. The van der Waals surface area contributed by atoms with E-state index in [0.717, 1.165) is 30.8 Å². The van der Waals surface area contributed by atoms with E-state index in [1.807, 2.05) is 24.3 Å². The van der Waals surface area contributed by atoms with Crippen LogP contribution in [0.3, 0.4) is 0 Å². The number of rotatable bonds is 10. The zero-order valence-electron chi connectivity index (χ0n) is 13.7. The van der Waals surface area contributed by atoms with Crippen LogP contribution in [0.4, 0.5) is 0 Å². The lowest BCUT2D eigenvalue weighted by atomic mass is 9.95. The lowest BCUT2D eigenvalue weighted by Crippen LogP contribution is -2.49. The van der Waals surface area contributed by atoms with Gasteiger partial charge in [-0.15, -0.1) is 0 Å². The first-order valence-corrected chi connectivity index (χ1v) is 7.65. The second-order valence-corrected chi connectivity index (χ2v) is 5.97. The maximum atomic E-state index is 9.53. The van der Waals surface area contributed by atoms with Crippen LogP contribution in [-0.2, 0) is 0 Å². The largest absolute Gasteiger partial charge is 0.493 e. The zero-order valence-corrected chi connectivity index (χ0v) is 13.7. The first-order valence-electron chi connectivity index (χ1n) is 7.65. The maximum Gasteiger partial charge on any atom is 0.161 e. The molecule has 4 nitrogen and oxygen atoms in total. The molecule has 0 amide bonds. The van der Waals surface area contributed by atoms with E-state index in [1.54, 1.807) is 7.11 Å². The molecule has 21 heavy (non-hydrogen) atoms. The predicted octanol–water partition coefficient (Wildman–Crippen LogP) is 2.99. The summed E-state index contributed by atoms with van der Waals surface area (Å²) < 4.78 is 11.0. The molecule has 0 saturated carbocycles. The smallest absolute Gasteiger partial charge is 0.161 e. The van der Waals surface area contributed by atoms with Gasteiger partial charge in [0.25, 0.3) is 0 Å². The third kappa shape index (κ3) is 6.36. The molecule has 4 heteroatoms. The molecule has 1 rings (SSSR count). The van der Waals surface area contributed by atoms with Crippen molar-refractivity contribution >= 4 is 0 Å². The highest BCUT2D eigenvalue weighted by atomic mass is 16.5. The van der Waals surface area contributed by atoms with Gasteiger partial charge in [0.15, 0.2) is 11.5 Å². The van der Waals surface area contributed by atoms with Crippen molar-refractivity contribution in [2.24, 2.45) is 0 Å². The van der Waals surface area contributed by atoms with E-state index < -0.39 is 0 Å². The molecular formula is C17H29NO3. The van der Waals surface area contributed by atoms with Crippen molar-refractivity contribution in [3.05, 3.63) is 24.3 Å². The van der Waals surface area contributed by atoms with Crippen LogP contribution in [0, 0.1) is 0 Å². The molecular weight excluding hydrogens is 266 g/mol. The quantitative estimate of drug-likeness (QED) is 0.652. The number of hydrogen-bond donors (Lipinski definition) is 2. The fraction of sp³-hybridized carbons (Fsp3) is 0.647. The topological polar surface area (TPSA) is 50.7 Å². The van der Waals surface area contributed by atoms with Gasteiger partial charge in [-0.2, -0.15) is 0 Å². The van der Waals surface area contributed by atoms with Crippen LogP contribution in [-0.4, -0.2) is 37.0 Å². The molecule has 0 aliphatic carbocycles. The number of ether oxygens (including phenoxy) is 2. The second-order valence-electron chi connectivity index (χ2n) is 5.97. The molecule has 120 valence electrons. The number of benzene rings is 1. The standard InChI is InChI=1S/C17H29NO3/c1-14(2)18-17(3,13-19)11-7-8-12-21-16-10-6-5-9-15(16)20-4/h5-6,9-10,14,18-19H,7-8,11-13H2,1-4H3. The van der Waals surface area contributed by atoms with Crippen molar-refractivity contribution in [1.29, 1.82) is 0 Å². The predicted molar refractivity (Wildman–Crippen MR) is 86.1 cm³/mol. The van der Waals surface area contributed by atoms with Gasteiger partial charge in [-0.25, -0.2) is 0 Å². The van der Waals surface area contributed by atoms with E-state index >= 15 is 0 Å². The van der Waals surface area contributed by atoms with Gasteiger partial charge in [-0.3, -0.25) is 0 Å². The molecule has 0 bridgehead atoms. The Hall–Kier alpha value is -1.26. The molecule has 1 unspecified atom stereocenters. The second kappa shape index (κ2) is 8.90. The summed E-state index contributed by atoms with van der Waals surface area (Å²) in [5, 5.41) is 12.9. The van der Waals surface area contributed by atoms with E-state index in [4.69, 9.17) is 9.47 Å². The molecule has 1 aromatic rings. The van der Waals surface area contributed by atoms with Crippen LogP contribution in [0.1, 0.15) is 40.0 Å². The summed E-state index contributed by atoms with van der Waals surface area (Å²) in [6, 6.07) is 8.04. The summed E-state index contributed by atoms with van der Waals surface area (Å²) in [6.07, 6.45) is 2.89. The fourth-order valence-electron chi connectivity index (χ4n) is 2.43. The summed E-state index contributed by atoms with van der Waals surface area (Å²) in [5.41, 5.74) is -0.210. The zero-order chi connectivity index (χ0) is 15.7. The minimum atomic E-state index is -0.210. The van der Waals surface area contributed by atoms with Crippen molar-refractivity contribution < 1.29 is 14.6 Å². The van der Waals surface area contributed by atoms with Crippen LogP contribution in [0.25, 0.3) is 0 Å². The molecule has 0 aliphatic rings. The van der Waals surface area contributed by atoms with Crippen LogP contribution < -0.4 is 14.8 Å². The average molecular weight is 295 g/mol. The lowest BCUT2D eigenvalue weighted by molar-refractivity contribution is 0.151. The Morgan fingerprint density at radius 2 is 1.86 bits per heavy atom. The highest BCUT2D eigenvalue weighted by Gasteiger charge is 2.22. The van der Waals surface area contributed by atoms with Crippen LogP contribution >= 0.6 is 0 Å². The molecule has 0 fully saturated rings. The minimum absolute atomic E-state index is 0.151. The molecule has 0 spiro atoms. The SMILES string of the molecule is COc1ccccc1OCCCCC(C)(CO)NC(C)C. The Morgan fingerprint density at radius 3 is 2.43 bits per heavy atom. The van der Waals surface area contributed by atoms with Gasteiger partial charge in [0.2, 0.25) is 0 Å². The third-order valence-corrected chi connectivity index (χ3v) is 3.44. The lowest BCUT2D eigenvalue weighted by Gasteiger charge is -2.31. The van der Waals surface area contributed by atoms with Crippen molar-refractivity contribution in [3.8, 4) is 11.5 Å².